The molecule has 1 unspecified atom stereocenters. The molecule has 0 bridgehead atoms. The number of hydrogen-bond acceptors (Lipinski definition) is 3. The van der Waals surface area contributed by atoms with Gasteiger partial charge in [0.25, 0.3) is 0 Å². The number of nitrogens with two attached hydrogens (primary N) is 1. The minimum absolute atomic E-state index is 0.384. The summed E-state index contributed by atoms with van der Waals surface area (Å²) in [5, 5.41) is 4.48. The van der Waals surface area contributed by atoms with Gasteiger partial charge in [-0.15, -0.1) is 0 Å². The number of hydrazine groups is 1. The molecule has 18 heavy (non-hydrogen) atoms. The van der Waals surface area contributed by atoms with Crippen LogP contribution >= 0.6 is 0 Å². The Morgan fingerprint density at radius 2 is 2.06 bits per heavy atom. The lowest BCUT2D eigenvalue weighted by molar-refractivity contribution is 0.389. The second-order valence-corrected chi connectivity index (χ2v) is 5.73. The molecule has 2 rings (SSSR count). The summed E-state index contributed by atoms with van der Waals surface area (Å²) < 4.78 is 1.97. The molecule has 1 heterocycles. The Kier molecular flexibility index (Phi) is 4.40. The van der Waals surface area contributed by atoms with Crippen LogP contribution in [-0.4, -0.2) is 15.8 Å². The van der Waals surface area contributed by atoms with Gasteiger partial charge in [-0.2, -0.15) is 5.10 Å². The largest absolute Gasteiger partial charge is 0.272 e. The van der Waals surface area contributed by atoms with Crippen molar-refractivity contribution in [3.63, 3.8) is 0 Å². The maximum atomic E-state index is 5.73. The minimum atomic E-state index is 0.384. The zero-order valence-electron chi connectivity index (χ0n) is 11.9. The first-order valence-electron chi connectivity index (χ1n) is 7.07. The predicted molar refractivity (Wildman–Crippen MR) is 74.1 cm³/mol. The maximum Gasteiger partial charge on any atom is 0.0628 e. The summed E-state index contributed by atoms with van der Waals surface area (Å²) in [6, 6.07) is 0.384. The van der Waals surface area contributed by atoms with Gasteiger partial charge in [0.1, 0.15) is 0 Å². The van der Waals surface area contributed by atoms with Crippen molar-refractivity contribution in [2.75, 3.05) is 0 Å². The third kappa shape index (κ3) is 2.93. The van der Waals surface area contributed by atoms with Gasteiger partial charge in [-0.3, -0.25) is 16.0 Å². The first kappa shape index (κ1) is 13.6. The van der Waals surface area contributed by atoms with E-state index in [-0.39, 0.29) is 0 Å². The normalized spacial score (nSPS) is 18.4. The van der Waals surface area contributed by atoms with Crippen LogP contribution in [0.25, 0.3) is 0 Å². The van der Waals surface area contributed by atoms with Crippen molar-refractivity contribution >= 4 is 0 Å². The Morgan fingerprint density at radius 1 is 1.39 bits per heavy atom. The van der Waals surface area contributed by atoms with Crippen LogP contribution in [0.5, 0.6) is 0 Å². The van der Waals surface area contributed by atoms with E-state index in [4.69, 9.17) is 5.84 Å². The first-order chi connectivity index (χ1) is 8.61. The van der Waals surface area contributed by atoms with E-state index in [0.29, 0.717) is 6.04 Å². The highest BCUT2D eigenvalue weighted by Crippen LogP contribution is 2.29. The summed E-state index contributed by atoms with van der Waals surface area (Å²) in [5.41, 5.74) is 6.77. The molecule has 4 heteroatoms. The number of rotatable bonds is 5. The van der Waals surface area contributed by atoms with E-state index in [1.807, 2.05) is 11.7 Å². The van der Waals surface area contributed by atoms with Gasteiger partial charge in [0.05, 0.1) is 5.69 Å². The highest BCUT2D eigenvalue weighted by atomic mass is 15.3. The zero-order valence-corrected chi connectivity index (χ0v) is 11.9. The summed E-state index contributed by atoms with van der Waals surface area (Å²) in [5.74, 6) is 6.59. The molecule has 1 atom stereocenters. The molecule has 1 aliphatic carbocycles. The van der Waals surface area contributed by atoms with Crippen LogP contribution in [0.3, 0.4) is 0 Å². The van der Waals surface area contributed by atoms with Crippen molar-refractivity contribution in [2.24, 2.45) is 18.8 Å². The van der Waals surface area contributed by atoms with Crippen molar-refractivity contribution in [1.29, 1.82) is 0 Å². The molecule has 0 spiro atoms. The molecule has 0 saturated heterocycles. The molecule has 0 aromatic carbocycles. The van der Waals surface area contributed by atoms with Gasteiger partial charge < -0.3 is 0 Å². The van der Waals surface area contributed by atoms with Crippen molar-refractivity contribution in [3.05, 3.63) is 17.0 Å². The molecule has 4 nitrogen and oxygen atoms in total. The summed E-state index contributed by atoms with van der Waals surface area (Å²) in [4.78, 5) is 0. The van der Waals surface area contributed by atoms with Gasteiger partial charge in [0.2, 0.25) is 0 Å². The lowest BCUT2D eigenvalue weighted by atomic mass is 9.94. The number of nitrogens with one attached hydrogen (secondary N) is 1. The standard InChI is InChI=1S/C14H26N4/c1-10-14(11(2)18(3)17-10)9-13(16-15)8-12-6-4-5-7-12/h12-13,16H,4-9,15H2,1-3H3. The number of nitrogens with zero attached hydrogens (tertiary/aromatic N) is 2. The summed E-state index contributed by atoms with van der Waals surface area (Å²) in [7, 11) is 2.01. The SMILES string of the molecule is Cc1nn(C)c(C)c1CC(CC1CCCC1)NN. The van der Waals surface area contributed by atoms with Crippen LogP contribution in [0.15, 0.2) is 0 Å². The zero-order chi connectivity index (χ0) is 13.1. The summed E-state index contributed by atoms with van der Waals surface area (Å²) >= 11 is 0. The second kappa shape index (κ2) is 5.85. The average molecular weight is 250 g/mol. The van der Waals surface area contributed by atoms with Crippen molar-refractivity contribution in [1.82, 2.24) is 15.2 Å². The Labute approximate surface area is 110 Å². The van der Waals surface area contributed by atoms with Crippen LogP contribution in [0.1, 0.15) is 49.1 Å². The Balaban J connectivity index is 2.00. The van der Waals surface area contributed by atoms with Crippen molar-refractivity contribution in [2.45, 2.75) is 58.4 Å². The lowest BCUT2D eigenvalue weighted by Gasteiger charge is -2.20. The highest BCUT2D eigenvalue weighted by Gasteiger charge is 2.21. The Morgan fingerprint density at radius 3 is 2.56 bits per heavy atom. The molecular weight excluding hydrogens is 224 g/mol. The molecular formula is C14H26N4. The van der Waals surface area contributed by atoms with Gasteiger partial charge in [0, 0.05) is 18.8 Å². The molecule has 1 aromatic rings. The van der Waals surface area contributed by atoms with Gasteiger partial charge in [-0.1, -0.05) is 25.7 Å². The second-order valence-electron chi connectivity index (χ2n) is 5.73. The Bertz CT molecular complexity index is 391. The van der Waals surface area contributed by atoms with E-state index in [9.17, 15) is 0 Å². The highest BCUT2D eigenvalue weighted by molar-refractivity contribution is 5.25. The van der Waals surface area contributed by atoms with E-state index in [1.165, 1.54) is 43.4 Å². The van der Waals surface area contributed by atoms with E-state index in [0.717, 1.165) is 18.0 Å². The topological polar surface area (TPSA) is 55.9 Å². The van der Waals surface area contributed by atoms with Gasteiger partial charge in [-0.25, -0.2) is 0 Å². The minimum Gasteiger partial charge on any atom is -0.272 e. The van der Waals surface area contributed by atoms with Gasteiger partial charge in [-0.05, 0) is 38.2 Å². The number of aryl methyl sites for hydroxylation is 2. The van der Waals surface area contributed by atoms with E-state index < -0.39 is 0 Å². The Hall–Kier alpha value is -0.870. The monoisotopic (exact) mass is 250 g/mol. The third-order valence-corrected chi connectivity index (χ3v) is 4.44. The van der Waals surface area contributed by atoms with Crippen LogP contribution in [0, 0.1) is 19.8 Å². The molecule has 0 radical (unpaired) electrons. The molecule has 0 amide bonds. The summed E-state index contributed by atoms with van der Waals surface area (Å²) in [6.45, 7) is 4.23. The molecule has 3 N–H and O–H groups in total. The number of hydrogen-bond donors (Lipinski definition) is 2. The van der Waals surface area contributed by atoms with E-state index in [1.54, 1.807) is 0 Å². The third-order valence-electron chi connectivity index (χ3n) is 4.44. The van der Waals surface area contributed by atoms with Crippen molar-refractivity contribution in [3.8, 4) is 0 Å². The molecule has 1 fully saturated rings. The van der Waals surface area contributed by atoms with Gasteiger partial charge >= 0.3 is 0 Å². The fraction of sp³-hybridized carbons (Fsp3) is 0.786. The van der Waals surface area contributed by atoms with Crippen LogP contribution in [0.4, 0.5) is 0 Å². The quantitative estimate of drug-likeness (QED) is 0.621. The van der Waals surface area contributed by atoms with Gasteiger partial charge in [0.15, 0.2) is 0 Å². The molecule has 102 valence electrons. The fourth-order valence-corrected chi connectivity index (χ4v) is 3.22. The lowest BCUT2D eigenvalue weighted by Crippen LogP contribution is -2.38. The van der Waals surface area contributed by atoms with Crippen LogP contribution in [0.2, 0.25) is 0 Å². The van der Waals surface area contributed by atoms with E-state index >= 15 is 0 Å². The van der Waals surface area contributed by atoms with Crippen LogP contribution < -0.4 is 11.3 Å². The first-order valence-corrected chi connectivity index (χ1v) is 7.07. The molecule has 1 saturated carbocycles. The smallest absolute Gasteiger partial charge is 0.0628 e. The molecule has 1 aliphatic rings. The predicted octanol–water partition coefficient (Wildman–Crippen LogP) is 1.99. The fourth-order valence-electron chi connectivity index (χ4n) is 3.22. The number of aromatic nitrogens is 2. The molecule has 1 aromatic heterocycles. The summed E-state index contributed by atoms with van der Waals surface area (Å²) in [6.07, 6.45) is 7.75. The van der Waals surface area contributed by atoms with Crippen molar-refractivity contribution < 1.29 is 0 Å². The molecule has 0 aliphatic heterocycles. The van der Waals surface area contributed by atoms with Crippen LogP contribution in [-0.2, 0) is 13.5 Å². The average Bonchev–Trinajstić information content (AvgIpc) is 2.92. The maximum absolute atomic E-state index is 5.73. The van der Waals surface area contributed by atoms with E-state index in [2.05, 4.69) is 24.4 Å².